The summed E-state index contributed by atoms with van der Waals surface area (Å²) in [6, 6.07) is 26.5. The molecule has 0 radical (unpaired) electrons. The Morgan fingerprint density at radius 2 is 1.58 bits per heavy atom. The number of nitrogens with zero attached hydrogens (tertiary/aromatic N) is 2. The molecule has 0 saturated carbocycles. The molecule has 1 aliphatic heterocycles. The Bertz CT molecular complexity index is 1110. The second-order valence-corrected chi connectivity index (χ2v) is 11.6. The minimum absolute atomic E-state index is 0.511. The van der Waals surface area contributed by atoms with Crippen molar-refractivity contribution in [2.75, 3.05) is 44.2 Å². The van der Waals surface area contributed by atoms with E-state index in [0.29, 0.717) is 11.8 Å². The summed E-state index contributed by atoms with van der Waals surface area (Å²) < 4.78 is 6.04. The lowest BCUT2D eigenvalue weighted by Crippen LogP contribution is -2.35. The zero-order valence-electron chi connectivity index (χ0n) is 24.0. The van der Waals surface area contributed by atoms with Crippen LogP contribution in [-0.4, -0.2) is 44.2 Å². The van der Waals surface area contributed by atoms with Gasteiger partial charge in [-0.05, 0) is 78.2 Å². The van der Waals surface area contributed by atoms with Crippen LogP contribution in [-0.2, 0) is 13.1 Å². The first-order chi connectivity index (χ1) is 18.5. The summed E-state index contributed by atoms with van der Waals surface area (Å²) in [5, 5.41) is 3.74. The molecular weight excluding hydrogens is 466 g/mol. The molecule has 0 aliphatic carbocycles. The molecule has 1 heterocycles. The van der Waals surface area contributed by atoms with Gasteiger partial charge in [0, 0.05) is 38.4 Å². The fraction of sp³-hybridized carbons (Fsp3) is 0.471. The maximum atomic E-state index is 6.04. The van der Waals surface area contributed by atoms with Crippen molar-refractivity contribution in [3.05, 3.63) is 83.9 Å². The van der Waals surface area contributed by atoms with Gasteiger partial charge in [0.1, 0.15) is 5.75 Å². The lowest BCUT2D eigenvalue weighted by atomic mass is 10.00. The van der Waals surface area contributed by atoms with E-state index in [1.165, 1.54) is 34.4 Å². The first-order valence-corrected chi connectivity index (χ1v) is 14.6. The fourth-order valence-electron chi connectivity index (χ4n) is 5.21. The average molecular weight is 514 g/mol. The van der Waals surface area contributed by atoms with Gasteiger partial charge in [-0.2, -0.15) is 0 Å². The van der Waals surface area contributed by atoms with E-state index in [2.05, 4.69) is 116 Å². The van der Waals surface area contributed by atoms with E-state index in [1.807, 2.05) is 0 Å². The van der Waals surface area contributed by atoms with Gasteiger partial charge in [-0.25, -0.2) is 0 Å². The van der Waals surface area contributed by atoms with Crippen LogP contribution in [0.2, 0.25) is 0 Å². The zero-order chi connectivity index (χ0) is 26.7. The first kappa shape index (κ1) is 28.2. The molecular formula is C34H47N3O. The minimum Gasteiger partial charge on any atom is -0.493 e. The minimum atomic E-state index is 0.511. The third kappa shape index (κ3) is 8.61. The summed E-state index contributed by atoms with van der Waals surface area (Å²) in [6.45, 7) is 17.1. The Kier molecular flexibility index (Phi) is 10.7. The molecule has 4 nitrogen and oxygen atoms in total. The Labute approximate surface area is 231 Å². The smallest absolute Gasteiger partial charge is 0.119 e. The standard InChI is InChI=1S/C34H47N3O/c1-27(2)24-37-20-10-19-36(25-29-11-6-5-7-12-29)18-9-17-35-23-32-16-15-31(22-34(32)37)30-13-8-14-33(21-30)38-26-28(3)4/h5-8,11-16,21-22,27-28,35H,9-10,17-20,23-26H2,1-4H3. The van der Waals surface area contributed by atoms with Crippen molar-refractivity contribution in [2.45, 2.75) is 53.6 Å². The van der Waals surface area contributed by atoms with Gasteiger partial charge < -0.3 is 15.0 Å². The van der Waals surface area contributed by atoms with E-state index >= 15 is 0 Å². The SMILES string of the molecule is CC(C)COc1cccc(-c2ccc3c(c2)N(CC(C)C)CCCN(Cc2ccccc2)CCCNC3)c1. The maximum absolute atomic E-state index is 6.04. The van der Waals surface area contributed by atoms with Gasteiger partial charge >= 0.3 is 0 Å². The van der Waals surface area contributed by atoms with E-state index in [1.54, 1.807) is 0 Å². The van der Waals surface area contributed by atoms with Gasteiger partial charge in [0.2, 0.25) is 0 Å². The summed E-state index contributed by atoms with van der Waals surface area (Å²) in [6.07, 6.45) is 2.33. The number of ether oxygens (including phenoxy) is 1. The lowest BCUT2D eigenvalue weighted by molar-refractivity contribution is 0.257. The molecule has 1 aliphatic rings. The van der Waals surface area contributed by atoms with Crippen LogP contribution in [0.5, 0.6) is 5.75 Å². The summed E-state index contributed by atoms with van der Waals surface area (Å²) in [5.41, 5.74) is 6.63. The molecule has 0 bridgehead atoms. The summed E-state index contributed by atoms with van der Waals surface area (Å²) >= 11 is 0. The molecule has 4 heteroatoms. The highest BCUT2D eigenvalue weighted by molar-refractivity contribution is 5.71. The molecule has 204 valence electrons. The van der Waals surface area contributed by atoms with Gasteiger partial charge in [0.05, 0.1) is 6.61 Å². The Balaban J connectivity index is 1.56. The van der Waals surface area contributed by atoms with Crippen LogP contribution in [0.15, 0.2) is 72.8 Å². The van der Waals surface area contributed by atoms with Gasteiger partial charge in [-0.3, -0.25) is 4.90 Å². The Hall–Kier alpha value is -2.82. The highest BCUT2D eigenvalue weighted by atomic mass is 16.5. The second-order valence-electron chi connectivity index (χ2n) is 11.6. The Morgan fingerprint density at radius 3 is 2.37 bits per heavy atom. The number of anilines is 1. The summed E-state index contributed by atoms with van der Waals surface area (Å²) in [7, 11) is 0. The highest BCUT2D eigenvalue weighted by Gasteiger charge is 2.17. The van der Waals surface area contributed by atoms with Crippen LogP contribution in [0.4, 0.5) is 5.69 Å². The number of benzene rings is 3. The number of hydrogen-bond acceptors (Lipinski definition) is 4. The molecule has 0 atom stereocenters. The number of fused-ring (bicyclic) bond motifs is 1. The zero-order valence-corrected chi connectivity index (χ0v) is 24.0. The van der Waals surface area contributed by atoms with E-state index in [4.69, 9.17) is 4.74 Å². The number of nitrogens with one attached hydrogen (secondary N) is 1. The van der Waals surface area contributed by atoms with Crippen LogP contribution in [0.25, 0.3) is 11.1 Å². The summed E-state index contributed by atoms with van der Waals surface area (Å²) in [5.74, 6) is 2.06. The van der Waals surface area contributed by atoms with Crippen molar-refractivity contribution in [3.63, 3.8) is 0 Å². The molecule has 0 aromatic heterocycles. The molecule has 0 fully saturated rings. The first-order valence-electron chi connectivity index (χ1n) is 14.6. The van der Waals surface area contributed by atoms with Crippen molar-refractivity contribution in [1.29, 1.82) is 0 Å². The van der Waals surface area contributed by atoms with E-state index < -0.39 is 0 Å². The third-order valence-electron chi connectivity index (χ3n) is 7.06. The van der Waals surface area contributed by atoms with Crippen molar-refractivity contribution in [3.8, 4) is 16.9 Å². The van der Waals surface area contributed by atoms with Crippen molar-refractivity contribution < 1.29 is 4.74 Å². The molecule has 3 aromatic carbocycles. The lowest BCUT2D eigenvalue weighted by Gasteiger charge is -2.32. The average Bonchev–Trinajstić information content (AvgIpc) is 2.91. The number of rotatable bonds is 8. The van der Waals surface area contributed by atoms with Crippen molar-refractivity contribution in [2.24, 2.45) is 11.8 Å². The molecule has 1 N–H and O–H groups in total. The highest BCUT2D eigenvalue weighted by Crippen LogP contribution is 2.31. The van der Waals surface area contributed by atoms with E-state index in [-0.39, 0.29) is 0 Å². The van der Waals surface area contributed by atoms with Gasteiger partial charge in [-0.1, -0.05) is 82.3 Å². The molecule has 3 aromatic rings. The van der Waals surface area contributed by atoms with Crippen LogP contribution in [0.3, 0.4) is 0 Å². The monoisotopic (exact) mass is 513 g/mol. The van der Waals surface area contributed by atoms with Gasteiger partial charge in [-0.15, -0.1) is 0 Å². The predicted molar refractivity (Wildman–Crippen MR) is 162 cm³/mol. The van der Waals surface area contributed by atoms with Crippen molar-refractivity contribution >= 4 is 5.69 Å². The largest absolute Gasteiger partial charge is 0.493 e. The fourth-order valence-corrected chi connectivity index (χ4v) is 5.21. The molecule has 0 saturated heterocycles. The van der Waals surface area contributed by atoms with Crippen molar-refractivity contribution in [1.82, 2.24) is 10.2 Å². The third-order valence-corrected chi connectivity index (χ3v) is 7.06. The summed E-state index contributed by atoms with van der Waals surface area (Å²) in [4.78, 5) is 5.26. The Morgan fingerprint density at radius 1 is 0.789 bits per heavy atom. The van der Waals surface area contributed by atoms with E-state index in [0.717, 1.165) is 64.6 Å². The van der Waals surface area contributed by atoms with Gasteiger partial charge in [0.25, 0.3) is 0 Å². The molecule has 0 unspecified atom stereocenters. The van der Waals surface area contributed by atoms with Crippen LogP contribution in [0, 0.1) is 11.8 Å². The molecule has 38 heavy (non-hydrogen) atoms. The quantitative estimate of drug-likeness (QED) is 0.344. The normalized spacial score (nSPS) is 15.7. The van der Waals surface area contributed by atoms with Gasteiger partial charge in [0.15, 0.2) is 0 Å². The molecule has 4 rings (SSSR count). The van der Waals surface area contributed by atoms with Crippen LogP contribution in [0.1, 0.15) is 51.7 Å². The molecule has 0 spiro atoms. The second kappa shape index (κ2) is 14.4. The predicted octanol–water partition coefficient (Wildman–Crippen LogP) is 7.24. The van der Waals surface area contributed by atoms with Crippen LogP contribution < -0.4 is 15.0 Å². The van der Waals surface area contributed by atoms with E-state index in [9.17, 15) is 0 Å². The number of hydrogen-bond donors (Lipinski definition) is 1. The van der Waals surface area contributed by atoms with Crippen LogP contribution >= 0.6 is 0 Å². The maximum Gasteiger partial charge on any atom is 0.119 e. The topological polar surface area (TPSA) is 27.7 Å². The molecule has 0 amide bonds.